The maximum Gasteiger partial charge on any atom is 0.223 e. The summed E-state index contributed by atoms with van der Waals surface area (Å²) in [6.45, 7) is 6.83. The topological polar surface area (TPSA) is 23.6 Å². The van der Waals surface area contributed by atoms with Crippen LogP contribution in [-0.4, -0.2) is 23.4 Å². The molecular formula is C29H34N2O. The number of hydrogen-bond acceptors (Lipinski definition) is 2. The summed E-state index contributed by atoms with van der Waals surface area (Å²) in [5.41, 5.74) is 5.11. The molecule has 0 saturated carbocycles. The summed E-state index contributed by atoms with van der Waals surface area (Å²) in [6.07, 6.45) is 2.71. The molecule has 3 nitrogen and oxygen atoms in total. The summed E-state index contributed by atoms with van der Waals surface area (Å²) < 4.78 is 0. The van der Waals surface area contributed by atoms with Gasteiger partial charge in [-0.05, 0) is 55.4 Å². The van der Waals surface area contributed by atoms with E-state index in [9.17, 15) is 4.79 Å². The number of rotatable bonds is 7. The maximum absolute atomic E-state index is 13.5. The van der Waals surface area contributed by atoms with Gasteiger partial charge in [-0.1, -0.05) is 78.9 Å². The zero-order chi connectivity index (χ0) is 22.3. The van der Waals surface area contributed by atoms with Gasteiger partial charge in [0.2, 0.25) is 5.91 Å². The van der Waals surface area contributed by atoms with Crippen LogP contribution >= 0.6 is 0 Å². The summed E-state index contributed by atoms with van der Waals surface area (Å²) in [5.74, 6) is 0.511. The largest absolute Gasteiger partial charge is 0.367 e. The van der Waals surface area contributed by atoms with Crippen LogP contribution in [0.2, 0.25) is 0 Å². The van der Waals surface area contributed by atoms with Gasteiger partial charge in [0.15, 0.2) is 0 Å². The van der Waals surface area contributed by atoms with E-state index in [0.29, 0.717) is 13.0 Å². The maximum atomic E-state index is 13.5. The lowest BCUT2D eigenvalue weighted by molar-refractivity contribution is -0.134. The van der Waals surface area contributed by atoms with E-state index in [1.807, 2.05) is 23.1 Å². The lowest BCUT2D eigenvalue weighted by Crippen LogP contribution is -2.37. The standard InChI is InChI=1S/C29H34N2O/c1-23(2)31(22-25-14-7-4-8-15-25)29(32)20-26-16-11-19-30(21-24-12-5-3-6-13-24)28-18-10-9-17-27(26)28/h3-10,12-15,17-18,23,26H,11,16,19-22H2,1-2H3/t26-/m1/s1. The van der Waals surface area contributed by atoms with Crippen LogP contribution in [0.5, 0.6) is 0 Å². The SMILES string of the molecule is CC(C)N(Cc1ccccc1)C(=O)C[C@H]1CCCN(Cc2ccccc2)c2ccccc21. The predicted octanol–water partition coefficient (Wildman–Crippen LogP) is 6.40. The van der Waals surface area contributed by atoms with E-state index < -0.39 is 0 Å². The van der Waals surface area contributed by atoms with Gasteiger partial charge in [0, 0.05) is 37.8 Å². The van der Waals surface area contributed by atoms with Crippen LogP contribution in [0.3, 0.4) is 0 Å². The first-order valence-corrected chi connectivity index (χ1v) is 11.8. The molecule has 0 N–H and O–H groups in total. The van der Waals surface area contributed by atoms with E-state index >= 15 is 0 Å². The average molecular weight is 427 g/mol. The third-order valence-electron chi connectivity index (χ3n) is 6.47. The second-order valence-electron chi connectivity index (χ2n) is 9.11. The number of carbonyl (C=O) groups excluding carboxylic acids is 1. The van der Waals surface area contributed by atoms with Crippen molar-refractivity contribution in [3.8, 4) is 0 Å². The minimum Gasteiger partial charge on any atom is -0.367 e. The Balaban J connectivity index is 1.53. The molecule has 1 atom stereocenters. The highest BCUT2D eigenvalue weighted by Crippen LogP contribution is 2.37. The second kappa shape index (κ2) is 10.5. The Morgan fingerprint density at radius 3 is 2.22 bits per heavy atom. The molecule has 166 valence electrons. The van der Waals surface area contributed by atoms with E-state index in [1.54, 1.807) is 0 Å². The van der Waals surface area contributed by atoms with Crippen molar-refractivity contribution in [2.24, 2.45) is 0 Å². The molecule has 0 bridgehead atoms. The fourth-order valence-corrected chi connectivity index (χ4v) is 4.77. The highest BCUT2D eigenvalue weighted by Gasteiger charge is 2.27. The van der Waals surface area contributed by atoms with Gasteiger partial charge in [-0.25, -0.2) is 0 Å². The molecule has 4 rings (SSSR count). The number of nitrogens with zero attached hydrogens (tertiary/aromatic N) is 2. The smallest absolute Gasteiger partial charge is 0.223 e. The minimum absolute atomic E-state index is 0.179. The number of amides is 1. The lowest BCUT2D eigenvalue weighted by atomic mass is 9.90. The molecule has 3 aromatic carbocycles. The summed E-state index contributed by atoms with van der Waals surface area (Å²) >= 11 is 0. The van der Waals surface area contributed by atoms with Crippen molar-refractivity contribution in [3.63, 3.8) is 0 Å². The van der Waals surface area contributed by atoms with Gasteiger partial charge in [0.25, 0.3) is 0 Å². The molecule has 3 heteroatoms. The Hall–Kier alpha value is -3.07. The number of fused-ring (bicyclic) bond motifs is 1. The van der Waals surface area contributed by atoms with Crippen molar-refractivity contribution in [2.75, 3.05) is 11.4 Å². The lowest BCUT2D eigenvalue weighted by Gasteiger charge is -2.29. The zero-order valence-electron chi connectivity index (χ0n) is 19.3. The van der Waals surface area contributed by atoms with Crippen molar-refractivity contribution in [3.05, 3.63) is 102 Å². The second-order valence-corrected chi connectivity index (χ2v) is 9.11. The van der Waals surface area contributed by atoms with Crippen LogP contribution < -0.4 is 4.90 Å². The molecule has 1 heterocycles. The minimum atomic E-state index is 0.179. The van der Waals surface area contributed by atoms with Gasteiger partial charge in [0.05, 0.1) is 0 Å². The van der Waals surface area contributed by atoms with Crippen LogP contribution in [0.1, 0.15) is 55.7 Å². The van der Waals surface area contributed by atoms with Gasteiger partial charge >= 0.3 is 0 Å². The van der Waals surface area contributed by atoms with Crippen LogP contribution in [0, 0.1) is 0 Å². The predicted molar refractivity (Wildman–Crippen MR) is 133 cm³/mol. The molecule has 0 saturated heterocycles. The Bertz CT molecular complexity index is 1000. The number of para-hydroxylation sites is 1. The van der Waals surface area contributed by atoms with Gasteiger partial charge in [0.1, 0.15) is 0 Å². The van der Waals surface area contributed by atoms with Gasteiger partial charge in [-0.3, -0.25) is 4.79 Å². The first-order valence-electron chi connectivity index (χ1n) is 11.8. The van der Waals surface area contributed by atoms with Crippen LogP contribution in [-0.2, 0) is 17.9 Å². The van der Waals surface area contributed by atoms with Crippen LogP contribution in [0.15, 0.2) is 84.9 Å². The number of hydrogen-bond donors (Lipinski definition) is 0. The normalized spacial score (nSPS) is 15.8. The molecule has 0 aromatic heterocycles. The summed E-state index contributed by atoms with van der Waals surface area (Å²) in [4.78, 5) is 18.0. The molecule has 1 aliphatic heterocycles. The van der Waals surface area contributed by atoms with Crippen molar-refractivity contribution in [1.82, 2.24) is 4.90 Å². The van der Waals surface area contributed by atoms with Gasteiger partial charge < -0.3 is 9.80 Å². The Morgan fingerprint density at radius 2 is 1.53 bits per heavy atom. The molecule has 1 aliphatic rings. The van der Waals surface area contributed by atoms with E-state index in [-0.39, 0.29) is 17.9 Å². The van der Waals surface area contributed by atoms with Crippen LogP contribution in [0.25, 0.3) is 0 Å². The molecule has 32 heavy (non-hydrogen) atoms. The molecule has 1 amide bonds. The molecule has 0 aliphatic carbocycles. The summed E-state index contributed by atoms with van der Waals surface area (Å²) in [6, 6.07) is 29.9. The Labute approximate surface area is 192 Å². The summed E-state index contributed by atoms with van der Waals surface area (Å²) in [7, 11) is 0. The molecule has 0 radical (unpaired) electrons. The fourth-order valence-electron chi connectivity index (χ4n) is 4.77. The monoisotopic (exact) mass is 426 g/mol. The first-order chi connectivity index (χ1) is 15.6. The van der Waals surface area contributed by atoms with E-state index in [0.717, 1.165) is 25.9 Å². The average Bonchev–Trinajstić information content (AvgIpc) is 2.98. The molecule has 3 aromatic rings. The number of anilines is 1. The van der Waals surface area contributed by atoms with Crippen molar-refractivity contribution >= 4 is 11.6 Å². The van der Waals surface area contributed by atoms with E-state index in [4.69, 9.17) is 0 Å². The Morgan fingerprint density at radius 1 is 0.906 bits per heavy atom. The highest BCUT2D eigenvalue weighted by molar-refractivity contribution is 5.78. The fraction of sp³-hybridized carbons (Fsp3) is 0.345. The molecular weight excluding hydrogens is 392 g/mol. The number of carbonyl (C=O) groups is 1. The van der Waals surface area contributed by atoms with Crippen LogP contribution in [0.4, 0.5) is 5.69 Å². The van der Waals surface area contributed by atoms with E-state index in [2.05, 4.69) is 85.5 Å². The third-order valence-corrected chi connectivity index (χ3v) is 6.47. The third kappa shape index (κ3) is 5.40. The quantitative estimate of drug-likeness (QED) is 0.436. The molecule has 0 fully saturated rings. The first kappa shape index (κ1) is 22.1. The number of benzene rings is 3. The summed E-state index contributed by atoms with van der Waals surface area (Å²) in [5, 5.41) is 0. The highest BCUT2D eigenvalue weighted by atomic mass is 16.2. The molecule has 0 spiro atoms. The van der Waals surface area contributed by atoms with Gasteiger partial charge in [-0.2, -0.15) is 0 Å². The zero-order valence-corrected chi connectivity index (χ0v) is 19.3. The van der Waals surface area contributed by atoms with E-state index in [1.165, 1.54) is 22.4 Å². The Kier molecular flexibility index (Phi) is 7.26. The van der Waals surface area contributed by atoms with Crippen molar-refractivity contribution in [1.29, 1.82) is 0 Å². The van der Waals surface area contributed by atoms with Gasteiger partial charge in [-0.15, -0.1) is 0 Å². The van der Waals surface area contributed by atoms with Crippen molar-refractivity contribution < 1.29 is 4.79 Å². The van der Waals surface area contributed by atoms with Crippen molar-refractivity contribution in [2.45, 2.75) is 58.2 Å². The molecule has 0 unspecified atom stereocenters.